The minimum atomic E-state index is 0.356. The van der Waals surface area contributed by atoms with E-state index >= 15 is 0 Å². The van der Waals surface area contributed by atoms with Crippen molar-refractivity contribution in [3.8, 4) is 5.75 Å². The highest BCUT2D eigenvalue weighted by Crippen LogP contribution is 2.50. The quantitative estimate of drug-likeness (QED) is 0.626. The summed E-state index contributed by atoms with van der Waals surface area (Å²) in [5.74, 6) is 1.93. The zero-order valence-corrected chi connectivity index (χ0v) is 14.9. The third-order valence-electron chi connectivity index (χ3n) is 5.41. The molecule has 1 N–H and O–H groups in total. The number of hydrogen-bond acceptors (Lipinski definition) is 3. The van der Waals surface area contributed by atoms with Crippen LogP contribution in [0.3, 0.4) is 0 Å². The summed E-state index contributed by atoms with van der Waals surface area (Å²) in [6, 6.07) is 15.5. The largest absolute Gasteiger partial charge is 0.491 e. The molecular weight excluding hydrogens is 310 g/mol. The lowest BCUT2D eigenvalue weighted by molar-refractivity contribution is 0.146. The van der Waals surface area contributed by atoms with Crippen LogP contribution < -0.4 is 10.1 Å². The molecule has 130 valence electrons. The van der Waals surface area contributed by atoms with Crippen molar-refractivity contribution >= 4 is 5.69 Å². The molecule has 1 aliphatic carbocycles. The fraction of sp³-hybridized carbons (Fsp3) is 0.364. The smallest absolute Gasteiger partial charge is 0.119 e. The second-order valence-electron chi connectivity index (χ2n) is 6.92. The van der Waals surface area contributed by atoms with Gasteiger partial charge in [-0.3, -0.25) is 0 Å². The summed E-state index contributed by atoms with van der Waals surface area (Å²) >= 11 is 0. The topological polar surface area (TPSA) is 30.5 Å². The van der Waals surface area contributed by atoms with Crippen LogP contribution in [0.2, 0.25) is 0 Å². The Kier molecular flexibility index (Phi) is 4.50. The molecule has 2 aliphatic rings. The predicted octanol–water partition coefficient (Wildman–Crippen LogP) is 4.85. The number of aryl methyl sites for hydroxylation is 1. The lowest BCUT2D eigenvalue weighted by Crippen LogP contribution is -2.29. The van der Waals surface area contributed by atoms with Crippen molar-refractivity contribution < 1.29 is 9.47 Å². The normalized spacial score (nSPS) is 23.7. The molecule has 2 aromatic carbocycles. The fourth-order valence-electron chi connectivity index (χ4n) is 4.15. The molecule has 2 aromatic rings. The Bertz CT molecular complexity index is 783. The van der Waals surface area contributed by atoms with E-state index in [-0.39, 0.29) is 0 Å². The summed E-state index contributed by atoms with van der Waals surface area (Å²) in [7, 11) is 1.69. The average Bonchev–Trinajstić information content (AvgIpc) is 3.12. The van der Waals surface area contributed by atoms with Crippen molar-refractivity contribution in [2.24, 2.45) is 5.92 Å². The number of hydrogen-bond donors (Lipinski definition) is 1. The molecule has 0 saturated carbocycles. The summed E-state index contributed by atoms with van der Waals surface area (Å²) in [5, 5.41) is 3.80. The maximum absolute atomic E-state index is 5.81. The predicted molar refractivity (Wildman–Crippen MR) is 101 cm³/mol. The monoisotopic (exact) mass is 335 g/mol. The number of benzene rings is 2. The van der Waals surface area contributed by atoms with Gasteiger partial charge in [-0.1, -0.05) is 36.4 Å². The fourth-order valence-corrected chi connectivity index (χ4v) is 4.15. The second-order valence-corrected chi connectivity index (χ2v) is 6.92. The molecule has 25 heavy (non-hydrogen) atoms. The number of methoxy groups -OCH3 is 1. The van der Waals surface area contributed by atoms with Gasteiger partial charge in [0, 0.05) is 18.7 Å². The highest BCUT2D eigenvalue weighted by Gasteiger charge is 2.38. The third kappa shape index (κ3) is 3.05. The van der Waals surface area contributed by atoms with Gasteiger partial charge in [-0.15, -0.1) is 0 Å². The van der Waals surface area contributed by atoms with E-state index < -0.39 is 0 Å². The standard InChI is InChI=1S/C22H25NO2/c1-15-6-3-4-7-17(15)22-19-9-5-8-18(19)20-14-16(25-13-12-24-2)10-11-21(20)23-22/h3-8,10-11,14,18-19,22-23H,9,12-13H2,1-2H3. The Morgan fingerprint density at radius 1 is 1.08 bits per heavy atom. The van der Waals surface area contributed by atoms with Crippen LogP contribution >= 0.6 is 0 Å². The average molecular weight is 335 g/mol. The SMILES string of the molecule is COCCOc1ccc2c(c1)C1C=CCC1C(c1ccccc1C)N2. The van der Waals surface area contributed by atoms with Crippen molar-refractivity contribution in [3.63, 3.8) is 0 Å². The zero-order valence-electron chi connectivity index (χ0n) is 14.9. The number of rotatable bonds is 5. The van der Waals surface area contributed by atoms with Crippen LogP contribution in [0.1, 0.15) is 35.1 Å². The van der Waals surface area contributed by atoms with E-state index in [1.807, 2.05) is 0 Å². The molecule has 1 aliphatic heterocycles. The molecule has 0 amide bonds. The van der Waals surface area contributed by atoms with Crippen molar-refractivity contribution in [3.05, 3.63) is 71.3 Å². The Morgan fingerprint density at radius 2 is 1.96 bits per heavy atom. The molecule has 0 spiro atoms. The number of nitrogens with one attached hydrogen (secondary N) is 1. The highest BCUT2D eigenvalue weighted by atomic mass is 16.5. The molecule has 0 radical (unpaired) electrons. The molecule has 0 fully saturated rings. The first-order chi connectivity index (χ1) is 12.3. The van der Waals surface area contributed by atoms with Crippen molar-refractivity contribution in [2.75, 3.05) is 25.6 Å². The van der Waals surface area contributed by atoms with Gasteiger partial charge >= 0.3 is 0 Å². The van der Waals surface area contributed by atoms with Crippen LogP contribution in [-0.2, 0) is 4.74 Å². The highest BCUT2D eigenvalue weighted by molar-refractivity contribution is 5.62. The minimum Gasteiger partial charge on any atom is -0.491 e. The van der Waals surface area contributed by atoms with Crippen LogP contribution in [-0.4, -0.2) is 20.3 Å². The molecule has 0 saturated heterocycles. The molecule has 0 aromatic heterocycles. The van der Waals surface area contributed by atoms with E-state index in [1.54, 1.807) is 7.11 Å². The van der Waals surface area contributed by atoms with Crippen LogP contribution in [0.4, 0.5) is 5.69 Å². The summed E-state index contributed by atoms with van der Waals surface area (Å²) < 4.78 is 10.9. The van der Waals surface area contributed by atoms with E-state index in [0.29, 0.717) is 31.1 Å². The number of ether oxygens (including phenoxy) is 2. The van der Waals surface area contributed by atoms with Gasteiger partial charge in [0.05, 0.1) is 12.6 Å². The summed E-state index contributed by atoms with van der Waals surface area (Å²) in [5.41, 5.74) is 5.33. The lowest BCUT2D eigenvalue weighted by Gasteiger charge is -2.38. The number of allylic oxidation sites excluding steroid dienone is 2. The van der Waals surface area contributed by atoms with Crippen LogP contribution in [0.25, 0.3) is 0 Å². The maximum atomic E-state index is 5.81. The van der Waals surface area contributed by atoms with Crippen molar-refractivity contribution in [1.82, 2.24) is 0 Å². The van der Waals surface area contributed by atoms with Gasteiger partial charge in [-0.05, 0) is 54.2 Å². The lowest BCUT2D eigenvalue weighted by atomic mass is 9.76. The van der Waals surface area contributed by atoms with E-state index in [4.69, 9.17) is 9.47 Å². The Morgan fingerprint density at radius 3 is 2.80 bits per heavy atom. The molecule has 3 unspecified atom stereocenters. The van der Waals surface area contributed by atoms with E-state index in [1.165, 1.54) is 22.4 Å². The Labute approximate surface area is 149 Å². The number of anilines is 1. The number of fused-ring (bicyclic) bond motifs is 3. The van der Waals surface area contributed by atoms with Gasteiger partial charge in [-0.2, -0.15) is 0 Å². The molecule has 4 rings (SSSR count). The van der Waals surface area contributed by atoms with Crippen LogP contribution in [0.15, 0.2) is 54.6 Å². The van der Waals surface area contributed by atoms with Gasteiger partial charge in [-0.25, -0.2) is 0 Å². The van der Waals surface area contributed by atoms with Crippen LogP contribution in [0, 0.1) is 12.8 Å². The van der Waals surface area contributed by atoms with Gasteiger partial charge in [0.25, 0.3) is 0 Å². The van der Waals surface area contributed by atoms with E-state index in [2.05, 4.69) is 66.9 Å². The van der Waals surface area contributed by atoms with Crippen LogP contribution in [0.5, 0.6) is 5.75 Å². The van der Waals surface area contributed by atoms with Gasteiger partial charge in [0.1, 0.15) is 12.4 Å². The molecule has 3 heteroatoms. The van der Waals surface area contributed by atoms with Crippen molar-refractivity contribution in [2.45, 2.75) is 25.3 Å². The molecule has 0 bridgehead atoms. The van der Waals surface area contributed by atoms with Gasteiger partial charge in [0.15, 0.2) is 0 Å². The Hall–Kier alpha value is -2.26. The maximum Gasteiger partial charge on any atom is 0.119 e. The molecule has 3 nitrogen and oxygen atoms in total. The van der Waals surface area contributed by atoms with Crippen molar-refractivity contribution in [1.29, 1.82) is 0 Å². The van der Waals surface area contributed by atoms with E-state index in [9.17, 15) is 0 Å². The molecule has 3 atom stereocenters. The Balaban J connectivity index is 1.65. The summed E-state index contributed by atoms with van der Waals surface area (Å²) in [6.07, 6.45) is 5.81. The minimum absolute atomic E-state index is 0.356. The third-order valence-corrected chi connectivity index (χ3v) is 5.41. The first-order valence-electron chi connectivity index (χ1n) is 9.02. The second kappa shape index (κ2) is 6.93. The zero-order chi connectivity index (χ0) is 17.2. The first-order valence-corrected chi connectivity index (χ1v) is 9.02. The molecule has 1 heterocycles. The summed E-state index contributed by atoms with van der Waals surface area (Å²) in [6.45, 7) is 3.39. The van der Waals surface area contributed by atoms with Gasteiger partial charge in [0.2, 0.25) is 0 Å². The first kappa shape index (κ1) is 16.2. The summed E-state index contributed by atoms with van der Waals surface area (Å²) in [4.78, 5) is 0. The van der Waals surface area contributed by atoms with E-state index in [0.717, 1.165) is 12.2 Å². The van der Waals surface area contributed by atoms with Gasteiger partial charge < -0.3 is 14.8 Å². The molecular formula is C22H25NO2.